The largest absolute Gasteiger partial charge is 0.481 e. The first-order valence-corrected chi connectivity index (χ1v) is 30.7. The van der Waals surface area contributed by atoms with Gasteiger partial charge in [-0.25, -0.2) is 46.4 Å². The van der Waals surface area contributed by atoms with E-state index in [-0.39, 0.29) is 27.4 Å². The monoisotopic (exact) mass is 1200 g/mol. The summed E-state index contributed by atoms with van der Waals surface area (Å²) in [6.07, 6.45) is 18.9. The topological polar surface area (TPSA) is 305 Å². The van der Waals surface area contributed by atoms with Gasteiger partial charge in [-0.1, -0.05) is 36.4 Å². The standard InChI is InChI=1S/C24H26N4O5S.C16H14N2O2.C15H16N2O.C8H12N2O3S/c1-15(2)28-12-10-18(14-22(28)29)34(31,32)27-24(30)26-23-19-6-4-5-16(19)7-8-20(23)17-9-11-25-21(13-17)33-3;1-19-15-9-12(7-8-18-15)14-6-5-11-3-2-4-13(11)16(14)20-10-17;1-18-14-9-11(7-8-17-14)13-6-5-10-3-2-4-12(10)15(13)16;1-6(2)10-4-3-7(5-8(10)11)14(9,12)13/h7-15H,4-6H2,1-3H3,(H2,26,27,30);5-9H,2-4H2,1H3;5-9H,2-4,16H2,1H3;3-6H,1-2H3,(H2,9,12,13). The van der Waals surface area contributed by atoms with Crippen molar-refractivity contribution in [3.8, 4) is 63.0 Å². The number of pyridine rings is 5. The number of nitrogens with two attached hydrogens (primary N) is 2. The van der Waals surface area contributed by atoms with Crippen LogP contribution in [0.4, 0.5) is 16.2 Å². The van der Waals surface area contributed by atoms with E-state index in [9.17, 15) is 31.2 Å². The van der Waals surface area contributed by atoms with Gasteiger partial charge in [-0.3, -0.25) is 9.59 Å². The number of aryl methyl sites for hydroxylation is 3. The number of carbonyl (C=O) groups is 1. The third-order valence-electron chi connectivity index (χ3n) is 14.8. The summed E-state index contributed by atoms with van der Waals surface area (Å²) in [6.45, 7) is 7.29. The van der Waals surface area contributed by atoms with Crippen LogP contribution in [0.25, 0.3) is 33.4 Å². The zero-order chi connectivity index (χ0) is 61.9. The molecular formula is C63H68N10O11S2. The lowest BCUT2D eigenvalue weighted by atomic mass is 9.98. The van der Waals surface area contributed by atoms with Crippen LogP contribution in [0.5, 0.6) is 23.4 Å². The van der Waals surface area contributed by atoms with Gasteiger partial charge in [0.1, 0.15) is 0 Å². The molecular weight excluding hydrogens is 1140 g/mol. The highest BCUT2D eigenvalue weighted by atomic mass is 32.2. The summed E-state index contributed by atoms with van der Waals surface area (Å²) < 4.78 is 73.0. The molecule has 21 nitrogen and oxygen atoms in total. The summed E-state index contributed by atoms with van der Waals surface area (Å²) in [6, 6.07) is 27.1. The van der Waals surface area contributed by atoms with Crippen LogP contribution in [0.15, 0.2) is 147 Å². The van der Waals surface area contributed by atoms with Gasteiger partial charge in [0.05, 0.1) is 36.8 Å². The number of nitrogens with zero attached hydrogens (tertiary/aromatic N) is 6. The Morgan fingerprint density at radius 3 is 1.50 bits per heavy atom. The number of nitrogen functional groups attached to an aromatic ring is 1. The van der Waals surface area contributed by atoms with E-state index in [0.29, 0.717) is 29.1 Å². The van der Waals surface area contributed by atoms with E-state index in [2.05, 4.69) is 38.5 Å². The summed E-state index contributed by atoms with van der Waals surface area (Å²) in [5.41, 5.74) is 19.7. The number of primary sulfonamides is 1. The zero-order valence-corrected chi connectivity index (χ0v) is 50.4. The Bertz CT molecular complexity index is 4220. The van der Waals surface area contributed by atoms with Gasteiger partial charge < -0.3 is 39.1 Å². The number of carbonyl (C=O) groups excluding carboxylic acids is 1. The number of anilines is 2. The average Bonchev–Trinajstić information content (AvgIpc) is 1.89. The summed E-state index contributed by atoms with van der Waals surface area (Å²) in [7, 11) is -3.31. The fourth-order valence-corrected chi connectivity index (χ4v) is 12.0. The minimum Gasteiger partial charge on any atom is -0.481 e. The smallest absolute Gasteiger partial charge is 0.333 e. The van der Waals surface area contributed by atoms with E-state index < -0.39 is 31.6 Å². The first-order chi connectivity index (χ1) is 41.1. The molecule has 0 unspecified atom stereocenters. The van der Waals surface area contributed by atoms with Crippen LogP contribution in [0.2, 0.25) is 0 Å². The molecule has 0 bridgehead atoms. The van der Waals surface area contributed by atoms with E-state index >= 15 is 0 Å². The third-order valence-corrected chi connectivity index (χ3v) is 17.0. The fraction of sp³-hybridized carbons (Fsp3) is 0.286. The van der Waals surface area contributed by atoms with Crippen molar-refractivity contribution in [2.75, 3.05) is 32.4 Å². The minimum absolute atomic E-state index is 0.00275. The molecule has 5 heterocycles. The summed E-state index contributed by atoms with van der Waals surface area (Å²) in [5, 5.41) is 16.5. The van der Waals surface area contributed by atoms with Crippen molar-refractivity contribution < 1.29 is 40.6 Å². The van der Waals surface area contributed by atoms with Crippen LogP contribution in [-0.2, 0) is 58.6 Å². The Kier molecular flexibility index (Phi) is 20.1. The normalized spacial score (nSPS) is 12.8. The van der Waals surface area contributed by atoms with Gasteiger partial charge in [0, 0.05) is 95.8 Å². The van der Waals surface area contributed by atoms with Crippen molar-refractivity contribution >= 4 is 37.5 Å². The summed E-state index contributed by atoms with van der Waals surface area (Å²) in [4.78, 5) is 48.4. The molecule has 0 saturated carbocycles. The molecule has 3 aromatic carbocycles. The molecule has 0 spiro atoms. The molecule has 448 valence electrons. The Hall–Kier alpha value is -9.37. The number of benzene rings is 3. The molecule has 3 aliphatic carbocycles. The maximum Gasteiger partial charge on any atom is 0.333 e. The van der Waals surface area contributed by atoms with Gasteiger partial charge >= 0.3 is 6.03 Å². The minimum atomic E-state index is -4.25. The lowest BCUT2D eigenvalue weighted by Crippen LogP contribution is -2.35. The number of amides is 2. The Balaban J connectivity index is 0.000000158. The molecule has 6 N–H and O–H groups in total. The van der Waals surface area contributed by atoms with Crippen molar-refractivity contribution in [3.63, 3.8) is 0 Å². The Labute approximate surface area is 499 Å². The van der Waals surface area contributed by atoms with Crippen LogP contribution in [-0.4, -0.2) is 68.3 Å². The van der Waals surface area contributed by atoms with Crippen molar-refractivity contribution in [1.29, 1.82) is 5.26 Å². The number of sulfonamides is 2. The molecule has 11 rings (SSSR count). The van der Waals surface area contributed by atoms with Gasteiger partial charge in [-0.15, -0.1) is 5.26 Å². The average molecular weight is 1210 g/mol. The maximum absolute atomic E-state index is 12.8. The number of fused-ring (bicyclic) bond motifs is 3. The number of aromatic nitrogens is 5. The number of nitrogens with one attached hydrogen (secondary N) is 2. The predicted molar refractivity (Wildman–Crippen MR) is 328 cm³/mol. The molecule has 8 aromatic rings. The number of methoxy groups -OCH3 is 3. The van der Waals surface area contributed by atoms with Crippen LogP contribution >= 0.6 is 0 Å². The van der Waals surface area contributed by atoms with E-state index in [1.807, 2.05) is 74.9 Å². The van der Waals surface area contributed by atoms with Gasteiger partial charge in [0.2, 0.25) is 27.7 Å². The molecule has 5 aromatic heterocycles. The van der Waals surface area contributed by atoms with Crippen molar-refractivity contribution in [3.05, 3.63) is 182 Å². The maximum atomic E-state index is 12.8. The molecule has 0 atom stereocenters. The predicted octanol–water partition coefficient (Wildman–Crippen LogP) is 9.51. The Morgan fingerprint density at radius 2 is 1.01 bits per heavy atom. The molecule has 3 aliphatic rings. The molecule has 0 fully saturated rings. The highest BCUT2D eigenvalue weighted by Gasteiger charge is 2.25. The van der Waals surface area contributed by atoms with Crippen LogP contribution in [0.3, 0.4) is 0 Å². The number of hydrogen-bond acceptors (Lipinski definition) is 16. The van der Waals surface area contributed by atoms with Gasteiger partial charge in [-0.05, 0) is 166 Å². The fourth-order valence-electron chi connectivity index (χ4n) is 10.5. The van der Waals surface area contributed by atoms with E-state index in [0.717, 1.165) is 119 Å². The highest BCUT2D eigenvalue weighted by molar-refractivity contribution is 7.90. The third kappa shape index (κ3) is 14.7. The van der Waals surface area contributed by atoms with Crippen molar-refractivity contribution in [1.82, 2.24) is 28.8 Å². The van der Waals surface area contributed by atoms with Gasteiger partial charge in [-0.2, -0.15) is 0 Å². The first kappa shape index (κ1) is 62.7. The SMILES string of the molecule is CC(C)n1ccc(S(N)(=O)=O)cc1=O.COc1cc(-c2ccc3c(c2N)CCC3)ccn1.COc1cc(-c2ccc3c(c2NC(=O)NS(=O)(=O)c2ccn(C(C)C)c(=O)c2)CCC3)ccn1.COc1cc(-c2ccc3c(c2OC#N)CCC3)ccn1. The number of urea groups is 1. The van der Waals surface area contributed by atoms with Crippen LogP contribution in [0, 0.1) is 11.5 Å². The van der Waals surface area contributed by atoms with Crippen molar-refractivity contribution in [2.24, 2.45) is 5.14 Å². The number of hydrogen-bond donors (Lipinski definition) is 4. The van der Waals surface area contributed by atoms with Crippen molar-refractivity contribution in [2.45, 2.75) is 107 Å². The summed E-state index contributed by atoms with van der Waals surface area (Å²) in [5.74, 6) is 2.26. The quantitative estimate of drug-likeness (QED) is 0.0617. The number of ether oxygens (including phenoxy) is 4. The second kappa shape index (κ2) is 27.6. The van der Waals surface area contributed by atoms with Gasteiger partial charge in [0.15, 0.2) is 5.75 Å². The van der Waals surface area contributed by atoms with Gasteiger partial charge in [0.25, 0.3) is 27.4 Å². The second-order valence-corrected chi connectivity index (χ2v) is 24.1. The van der Waals surface area contributed by atoms with Crippen LogP contribution < -0.4 is 51.0 Å². The lowest BCUT2D eigenvalue weighted by Gasteiger charge is -2.17. The van der Waals surface area contributed by atoms with E-state index in [4.69, 9.17) is 35.1 Å². The molecule has 2 amide bonds. The molecule has 23 heteroatoms. The van der Waals surface area contributed by atoms with E-state index in [1.54, 1.807) is 51.2 Å². The number of rotatable bonds is 13. The first-order valence-electron chi connectivity index (χ1n) is 27.7. The number of nitriles is 1. The molecule has 0 saturated heterocycles. The zero-order valence-electron chi connectivity index (χ0n) is 48.8. The highest BCUT2D eigenvalue weighted by Crippen LogP contribution is 2.41. The Morgan fingerprint density at radius 1 is 0.581 bits per heavy atom. The lowest BCUT2D eigenvalue weighted by molar-refractivity contribution is 0.256. The van der Waals surface area contributed by atoms with E-state index in [1.165, 1.54) is 63.9 Å². The summed E-state index contributed by atoms with van der Waals surface area (Å²) >= 11 is 0. The second-order valence-electron chi connectivity index (χ2n) is 20.9. The molecule has 86 heavy (non-hydrogen) atoms. The molecule has 0 aliphatic heterocycles. The molecule has 0 radical (unpaired) electrons. The van der Waals surface area contributed by atoms with Crippen LogP contribution in [0.1, 0.15) is 92.4 Å².